The number of hydrogen-bond donors (Lipinski definition) is 1. The summed E-state index contributed by atoms with van der Waals surface area (Å²) in [5.74, 6) is -1.49. The van der Waals surface area contributed by atoms with Crippen molar-refractivity contribution in [3.05, 3.63) is 29.8 Å². The van der Waals surface area contributed by atoms with E-state index in [1.165, 1.54) is 0 Å². The minimum Gasteiger partial charge on any atom is -0.371 e. The summed E-state index contributed by atoms with van der Waals surface area (Å²) < 4.78 is 38.1. The fraction of sp³-hybridized carbons (Fsp3) is 0.538. The van der Waals surface area contributed by atoms with Gasteiger partial charge in [0, 0.05) is 25.3 Å². The molecular weight excluding hydrogens is 241 g/mol. The number of hydrogen-bond acceptors (Lipinski definition) is 2. The fourth-order valence-corrected chi connectivity index (χ4v) is 1.75. The number of nitrogens with two attached hydrogens (primary N) is 1. The standard InChI is InChI=1S/C13H19F3N2/c1-3-18(9-11(8-17)13(14,15)16)12-6-4-10(2)5-7-12/h4-7,11H,3,8-9,17H2,1-2H3. The normalized spacial score (nSPS) is 13.4. The summed E-state index contributed by atoms with van der Waals surface area (Å²) in [6.45, 7) is 3.82. The van der Waals surface area contributed by atoms with Crippen LogP contribution in [0.3, 0.4) is 0 Å². The number of anilines is 1. The lowest BCUT2D eigenvalue weighted by Gasteiger charge is -2.29. The molecule has 0 spiro atoms. The molecule has 1 rings (SSSR count). The Labute approximate surface area is 106 Å². The molecule has 1 unspecified atom stereocenters. The van der Waals surface area contributed by atoms with Crippen LogP contribution in [0, 0.1) is 12.8 Å². The maximum atomic E-state index is 12.7. The Kier molecular flexibility index (Phi) is 5.02. The third-order valence-electron chi connectivity index (χ3n) is 2.97. The molecule has 5 heteroatoms. The lowest BCUT2D eigenvalue weighted by atomic mass is 10.1. The summed E-state index contributed by atoms with van der Waals surface area (Å²) >= 11 is 0. The number of aryl methyl sites for hydroxylation is 1. The molecule has 1 aromatic rings. The van der Waals surface area contributed by atoms with Crippen molar-refractivity contribution in [2.24, 2.45) is 11.7 Å². The first kappa shape index (κ1) is 14.8. The molecule has 0 bridgehead atoms. The van der Waals surface area contributed by atoms with Crippen LogP contribution in [0.25, 0.3) is 0 Å². The third kappa shape index (κ3) is 3.91. The van der Waals surface area contributed by atoms with E-state index < -0.39 is 12.1 Å². The van der Waals surface area contributed by atoms with Crippen LogP contribution >= 0.6 is 0 Å². The van der Waals surface area contributed by atoms with Gasteiger partial charge in [-0.3, -0.25) is 0 Å². The molecule has 0 fully saturated rings. The lowest BCUT2D eigenvalue weighted by molar-refractivity contribution is -0.168. The highest BCUT2D eigenvalue weighted by molar-refractivity contribution is 5.47. The molecule has 18 heavy (non-hydrogen) atoms. The minimum absolute atomic E-state index is 0.0977. The SMILES string of the molecule is CCN(CC(CN)C(F)(F)F)c1ccc(C)cc1. The largest absolute Gasteiger partial charge is 0.394 e. The third-order valence-corrected chi connectivity index (χ3v) is 2.97. The van der Waals surface area contributed by atoms with Crippen molar-refractivity contribution in [1.82, 2.24) is 0 Å². The van der Waals surface area contributed by atoms with Gasteiger partial charge in [-0.25, -0.2) is 0 Å². The molecule has 2 N–H and O–H groups in total. The van der Waals surface area contributed by atoms with Gasteiger partial charge in [0.25, 0.3) is 0 Å². The van der Waals surface area contributed by atoms with Gasteiger partial charge < -0.3 is 10.6 Å². The molecule has 2 nitrogen and oxygen atoms in total. The van der Waals surface area contributed by atoms with Gasteiger partial charge in [0.05, 0.1) is 5.92 Å². The second-order valence-electron chi connectivity index (χ2n) is 4.35. The van der Waals surface area contributed by atoms with Crippen molar-refractivity contribution >= 4 is 5.69 Å². The maximum absolute atomic E-state index is 12.7. The van der Waals surface area contributed by atoms with E-state index in [1.54, 1.807) is 4.90 Å². The van der Waals surface area contributed by atoms with E-state index in [2.05, 4.69) is 0 Å². The second-order valence-corrected chi connectivity index (χ2v) is 4.35. The summed E-state index contributed by atoms with van der Waals surface area (Å²) in [6.07, 6.45) is -4.24. The number of alkyl halides is 3. The van der Waals surface area contributed by atoms with Crippen molar-refractivity contribution < 1.29 is 13.2 Å². The average molecular weight is 260 g/mol. The Bertz CT molecular complexity index is 359. The van der Waals surface area contributed by atoms with Crippen LogP contribution in [0.1, 0.15) is 12.5 Å². The van der Waals surface area contributed by atoms with Crippen LogP contribution in [0.2, 0.25) is 0 Å². The first-order chi connectivity index (χ1) is 8.38. The van der Waals surface area contributed by atoms with Gasteiger partial charge in [-0.1, -0.05) is 17.7 Å². The van der Waals surface area contributed by atoms with Crippen LogP contribution in [-0.4, -0.2) is 25.8 Å². The van der Waals surface area contributed by atoms with E-state index in [9.17, 15) is 13.2 Å². The molecule has 1 aromatic carbocycles. The molecule has 0 saturated heterocycles. The molecule has 0 heterocycles. The summed E-state index contributed by atoms with van der Waals surface area (Å²) in [4.78, 5) is 1.70. The molecule has 0 aliphatic carbocycles. The topological polar surface area (TPSA) is 29.3 Å². The van der Waals surface area contributed by atoms with Crippen molar-refractivity contribution in [3.8, 4) is 0 Å². The molecule has 1 atom stereocenters. The summed E-state index contributed by atoms with van der Waals surface area (Å²) in [7, 11) is 0. The molecule has 0 saturated carbocycles. The zero-order chi connectivity index (χ0) is 13.8. The highest BCUT2D eigenvalue weighted by Gasteiger charge is 2.39. The van der Waals surface area contributed by atoms with Crippen molar-refractivity contribution in [2.45, 2.75) is 20.0 Å². The fourth-order valence-electron chi connectivity index (χ4n) is 1.75. The van der Waals surface area contributed by atoms with E-state index in [0.29, 0.717) is 6.54 Å². The van der Waals surface area contributed by atoms with Crippen molar-refractivity contribution in [2.75, 3.05) is 24.5 Å². The van der Waals surface area contributed by atoms with Crippen LogP contribution in [0.15, 0.2) is 24.3 Å². The monoisotopic (exact) mass is 260 g/mol. The van der Waals surface area contributed by atoms with Crippen LogP contribution in [-0.2, 0) is 0 Å². The minimum atomic E-state index is -4.24. The van der Waals surface area contributed by atoms with Gasteiger partial charge in [-0.2, -0.15) is 13.2 Å². The smallest absolute Gasteiger partial charge is 0.371 e. The zero-order valence-electron chi connectivity index (χ0n) is 10.7. The quantitative estimate of drug-likeness (QED) is 0.882. The van der Waals surface area contributed by atoms with Gasteiger partial charge >= 0.3 is 6.18 Å². The van der Waals surface area contributed by atoms with Crippen molar-refractivity contribution in [1.29, 1.82) is 0 Å². The van der Waals surface area contributed by atoms with Gasteiger partial charge in [0.2, 0.25) is 0 Å². The molecule has 0 aromatic heterocycles. The second kappa shape index (κ2) is 6.09. The first-order valence-electron chi connectivity index (χ1n) is 5.96. The molecular formula is C13H19F3N2. The highest BCUT2D eigenvalue weighted by Crippen LogP contribution is 2.27. The van der Waals surface area contributed by atoms with Crippen LogP contribution < -0.4 is 10.6 Å². The van der Waals surface area contributed by atoms with E-state index >= 15 is 0 Å². The van der Waals surface area contributed by atoms with E-state index in [4.69, 9.17) is 5.73 Å². The summed E-state index contributed by atoms with van der Waals surface area (Å²) in [5.41, 5.74) is 7.10. The Morgan fingerprint density at radius 2 is 1.78 bits per heavy atom. The molecule has 0 aliphatic heterocycles. The number of benzene rings is 1. The van der Waals surface area contributed by atoms with Gasteiger partial charge in [-0.15, -0.1) is 0 Å². The Morgan fingerprint density at radius 3 is 2.17 bits per heavy atom. The molecule has 0 amide bonds. The molecule has 0 aliphatic rings. The van der Waals surface area contributed by atoms with Gasteiger partial charge in [0.1, 0.15) is 0 Å². The van der Waals surface area contributed by atoms with Gasteiger partial charge in [-0.05, 0) is 26.0 Å². The highest BCUT2D eigenvalue weighted by atomic mass is 19.4. The van der Waals surface area contributed by atoms with E-state index in [-0.39, 0.29) is 13.1 Å². The molecule has 102 valence electrons. The Morgan fingerprint density at radius 1 is 1.22 bits per heavy atom. The number of halogens is 3. The average Bonchev–Trinajstić information content (AvgIpc) is 2.30. The summed E-state index contributed by atoms with van der Waals surface area (Å²) in [6, 6.07) is 7.46. The molecule has 0 radical (unpaired) electrons. The number of rotatable bonds is 5. The summed E-state index contributed by atoms with van der Waals surface area (Å²) in [5, 5.41) is 0. The number of nitrogens with zero attached hydrogens (tertiary/aromatic N) is 1. The van der Waals surface area contributed by atoms with Crippen LogP contribution in [0.4, 0.5) is 18.9 Å². The van der Waals surface area contributed by atoms with Crippen LogP contribution in [0.5, 0.6) is 0 Å². The van der Waals surface area contributed by atoms with E-state index in [0.717, 1.165) is 11.3 Å². The maximum Gasteiger partial charge on any atom is 0.394 e. The van der Waals surface area contributed by atoms with E-state index in [1.807, 2.05) is 38.1 Å². The predicted molar refractivity (Wildman–Crippen MR) is 67.7 cm³/mol. The predicted octanol–water partition coefficient (Wildman–Crippen LogP) is 2.96. The lowest BCUT2D eigenvalue weighted by Crippen LogP contribution is -2.41. The Hall–Kier alpha value is -1.23. The first-order valence-corrected chi connectivity index (χ1v) is 5.96. The van der Waals surface area contributed by atoms with Crippen molar-refractivity contribution in [3.63, 3.8) is 0 Å². The van der Waals surface area contributed by atoms with Gasteiger partial charge in [0.15, 0.2) is 0 Å². The Balaban J connectivity index is 2.81. The zero-order valence-corrected chi connectivity index (χ0v) is 10.7.